The highest BCUT2D eigenvalue weighted by molar-refractivity contribution is 5.92. The van der Waals surface area contributed by atoms with Crippen LogP contribution in [-0.2, 0) is 18.4 Å². The second-order valence-electron chi connectivity index (χ2n) is 5.33. The first kappa shape index (κ1) is 15.8. The van der Waals surface area contributed by atoms with Gasteiger partial charge in [-0.1, -0.05) is 12.1 Å². The lowest BCUT2D eigenvalue weighted by molar-refractivity contribution is -0.121. The predicted octanol–water partition coefficient (Wildman–Crippen LogP) is 0.401. The van der Waals surface area contributed by atoms with Gasteiger partial charge in [0.2, 0.25) is 0 Å². The minimum Gasteiger partial charge on any atom is -0.497 e. The number of methoxy groups -OCH3 is 1. The number of nitrogens with one attached hydrogen (secondary N) is 1. The maximum absolute atomic E-state index is 12.6. The first-order valence-corrected chi connectivity index (χ1v) is 7.23. The number of aromatic nitrogens is 3. The van der Waals surface area contributed by atoms with Crippen molar-refractivity contribution in [3.63, 3.8) is 0 Å². The van der Waals surface area contributed by atoms with Gasteiger partial charge >= 0.3 is 0 Å². The van der Waals surface area contributed by atoms with E-state index in [1.807, 2.05) is 35.9 Å². The van der Waals surface area contributed by atoms with Crippen molar-refractivity contribution in [2.24, 2.45) is 12.9 Å². The molecule has 0 aliphatic rings. The quantitative estimate of drug-likeness (QED) is 0.410. The summed E-state index contributed by atoms with van der Waals surface area (Å²) in [6.07, 6.45) is 3.19. The molecule has 0 aliphatic heterocycles. The molecule has 124 valence electrons. The van der Waals surface area contributed by atoms with E-state index >= 15 is 0 Å². The number of hydrogen-bond acceptors (Lipinski definition) is 5. The molecule has 1 amide bonds. The van der Waals surface area contributed by atoms with E-state index in [-0.39, 0.29) is 12.1 Å². The third kappa shape index (κ3) is 2.63. The number of rotatable bonds is 4. The number of nitrogens with two attached hydrogens (primary N) is 1. The molecule has 0 fully saturated rings. The van der Waals surface area contributed by atoms with Gasteiger partial charge in [-0.2, -0.15) is 0 Å². The molecule has 3 N–H and O–H groups in total. The fraction of sp³-hybridized carbons (Fsp3) is 0.188. The maximum Gasteiger partial charge on any atom is 0.278 e. The Kier molecular flexibility index (Phi) is 4.05. The smallest absolute Gasteiger partial charge is 0.278 e. The van der Waals surface area contributed by atoms with Crippen LogP contribution in [0, 0.1) is 0 Å². The van der Waals surface area contributed by atoms with Gasteiger partial charge < -0.3 is 9.30 Å². The van der Waals surface area contributed by atoms with Gasteiger partial charge in [-0.15, -0.1) is 0 Å². The molecule has 0 radical (unpaired) electrons. The normalized spacial score (nSPS) is 10.8. The zero-order valence-electron chi connectivity index (χ0n) is 13.3. The van der Waals surface area contributed by atoms with Crippen LogP contribution in [0.3, 0.4) is 0 Å². The molecule has 1 aromatic carbocycles. The zero-order chi connectivity index (χ0) is 17.3. The van der Waals surface area contributed by atoms with Gasteiger partial charge in [-0.25, -0.2) is 10.8 Å². The van der Waals surface area contributed by atoms with Crippen LogP contribution in [0.5, 0.6) is 5.75 Å². The number of benzene rings is 1. The number of fused-ring (bicyclic) bond motifs is 1. The number of nitrogens with zero attached hydrogens (tertiary/aromatic N) is 3. The van der Waals surface area contributed by atoms with Crippen LogP contribution in [0.25, 0.3) is 22.2 Å². The minimum atomic E-state index is -0.472. The average molecular weight is 327 g/mol. The van der Waals surface area contributed by atoms with Gasteiger partial charge in [0.25, 0.3) is 11.5 Å². The van der Waals surface area contributed by atoms with Crippen LogP contribution in [0.2, 0.25) is 0 Å². The molecule has 3 rings (SSSR count). The summed E-state index contributed by atoms with van der Waals surface area (Å²) in [5.74, 6) is 5.32. The van der Waals surface area contributed by atoms with E-state index in [4.69, 9.17) is 10.6 Å². The number of hydrazine groups is 1. The number of ether oxygens (including phenoxy) is 1. The van der Waals surface area contributed by atoms with Crippen molar-refractivity contribution in [3.05, 3.63) is 47.1 Å². The molecule has 0 aliphatic carbocycles. The third-order valence-electron chi connectivity index (χ3n) is 3.80. The summed E-state index contributed by atoms with van der Waals surface area (Å²) in [4.78, 5) is 28.4. The first-order valence-electron chi connectivity index (χ1n) is 7.23. The van der Waals surface area contributed by atoms with Crippen molar-refractivity contribution >= 4 is 16.9 Å². The average Bonchev–Trinajstić information content (AvgIpc) is 2.94. The summed E-state index contributed by atoms with van der Waals surface area (Å²) in [5.41, 5.74) is 4.39. The van der Waals surface area contributed by atoms with Crippen molar-refractivity contribution in [2.45, 2.75) is 6.54 Å². The van der Waals surface area contributed by atoms with E-state index < -0.39 is 5.91 Å². The topological polar surface area (TPSA) is 104 Å². The van der Waals surface area contributed by atoms with Gasteiger partial charge in [0.15, 0.2) is 0 Å². The van der Waals surface area contributed by atoms with E-state index in [9.17, 15) is 9.59 Å². The number of carbonyl (C=O) groups is 1. The van der Waals surface area contributed by atoms with Crippen LogP contribution < -0.4 is 21.6 Å². The highest BCUT2D eigenvalue weighted by Crippen LogP contribution is 2.29. The largest absolute Gasteiger partial charge is 0.497 e. The molecule has 8 heteroatoms. The SMILES string of the molecule is COc1cccc(-c2cn(C)c3c(=O)n(CC(=O)NN)cnc23)c1. The second-order valence-corrected chi connectivity index (χ2v) is 5.33. The molecule has 0 saturated carbocycles. The van der Waals surface area contributed by atoms with Crippen molar-refractivity contribution in [1.29, 1.82) is 0 Å². The van der Waals surface area contributed by atoms with Crippen molar-refractivity contribution in [1.82, 2.24) is 19.5 Å². The summed E-state index contributed by atoms with van der Waals surface area (Å²) in [6, 6.07) is 7.52. The van der Waals surface area contributed by atoms with Gasteiger partial charge in [0, 0.05) is 18.8 Å². The molecule has 8 nitrogen and oxygen atoms in total. The van der Waals surface area contributed by atoms with Crippen molar-refractivity contribution < 1.29 is 9.53 Å². The third-order valence-corrected chi connectivity index (χ3v) is 3.80. The number of amides is 1. The molecule has 2 aromatic heterocycles. The molecule has 0 atom stereocenters. The van der Waals surface area contributed by atoms with Gasteiger partial charge in [-0.05, 0) is 17.7 Å². The Balaban J connectivity index is 2.17. The van der Waals surface area contributed by atoms with Gasteiger partial charge in [-0.3, -0.25) is 19.6 Å². The highest BCUT2D eigenvalue weighted by atomic mass is 16.5. The summed E-state index contributed by atoms with van der Waals surface area (Å²) in [7, 11) is 3.37. The lowest BCUT2D eigenvalue weighted by atomic mass is 10.1. The molecule has 24 heavy (non-hydrogen) atoms. The fourth-order valence-electron chi connectivity index (χ4n) is 2.63. The molecule has 0 unspecified atom stereocenters. The predicted molar refractivity (Wildman–Crippen MR) is 89.3 cm³/mol. The van der Waals surface area contributed by atoms with Crippen LogP contribution >= 0.6 is 0 Å². The van der Waals surface area contributed by atoms with Crippen LogP contribution in [-0.4, -0.2) is 27.1 Å². The Morgan fingerprint density at radius 1 is 1.42 bits per heavy atom. The number of aryl methyl sites for hydroxylation is 1. The van der Waals surface area contributed by atoms with Gasteiger partial charge in [0.1, 0.15) is 23.3 Å². The Hall–Kier alpha value is -3.13. The number of carbonyl (C=O) groups excluding carboxylic acids is 1. The molecule has 3 aromatic rings. The minimum absolute atomic E-state index is 0.183. The maximum atomic E-state index is 12.6. The van der Waals surface area contributed by atoms with Crippen molar-refractivity contribution in [3.8, 4) is 16.9 Å². The first-order chi connectivity index (χ1) is 11.5. The summed E-state index contributed by atoms with van der Waals surface area (Å²) < 4.78 is 8.17. The van der Waals surface area contributed by atoms with Gasteiger partial charge in [0.05, 0.1) is 13.4 Å². The van der Waals surface area contributed by atoms with Crippen molar-refractivity contribution in [2.75, 3.05) is 7.11 Å². The van der Waals surface area contributed by atoms with E-state index in [2.05, 4.69) is 4.98 Å². The zero-order valence-corrected chi connectivity index (χ0v) is 13.3. The summed E-state index contributed by atoms with van der Waals surface area (Å²) in [5, 5.41) is 0. The Bertz CT molecular complexity index is 973. The van der Waals surface area contributed by atoms with E-state index in [0.29, 0.717) is 11.0 Å². The molecule has 0 saturated heterocycles. The van der Waals surface area contributed by atoms with Crippen LogP contribution in [0.1, 0.15) is 0 Å². The monoisotopic (exact) mass is 327 g/mol. The Morgan fingerprint density at radius 3 is 2.92 bits per heavy atom. The van der Waals surface area contributed by atoms with E-state index in [1.54, 1.807) is 18.7 Å². The summed E-state index contributed by atoms with van der Waals surface area (Å²) >= 11 is 0. The Labute approximate surface area is 137 Å². The second kappa shape index (κ2) is 6.17. The summed E-state index contributed by atoms with van der Waals surface area (Å²) in [6.45, 7) is -0.183. The molecule has 0 spiro atoms. The molecule has 0 bridgehead atoms. The Morgan fingerprint density at radius 2 is 2.21 bits per heavy atom. The fourth-order valence-corrected chi connectivity index (χ4v) is 2.63. The van der Waals surface area contributed by atoms with Crippen LogP contribution in [0.15, 0.2) is 41.6 Å². The van der Waals surface area contributed by atoms with E-state index in [1.165, 1.54) is 10.9 Å². The standard InChI is InChI=1S/C16H17N5O3/c1-20-7-12(10-4-3-5-11(6-10)24-2)14-15(20)16(23)21(9-18-14)8-13(22)19-17/h3-7,9H,8,17H2,1-2H3,(H,19,22). The highest BCUT2D eigenvalue weighted by Gasteiger charge is 2.16. The lowest BCUT2D eigenvalue weighted by Gasteiger charge is -2.05. The number of hydrogen-bond donors (Lipinski definition) is 2. The van der Waals surface area contributed by atoms with Crippen LogP contribution in [0.4, 0.5) is 0 Å². The lowest BCUT2D eigenvalue weighted by Crippen LogP contribution is -2.36. The molecular formula is C16H17N5O3. The van der Waals surface area contributed by atoms with E-state index in [0.717, 1.165) is 16.9 Å². The molecular weight excluding hydrogens is 310 g/mol. The molecule has 2 heterocycles.